The summed E-state index contributed by atoms with van der Waals surface area (Å²) >= 11 is 0. The highest BCUT2D eigenvalue weighted by molar-refractivity contribution is 5.54. The van der Waals surface area contributed by atoms with Gasteiger partial charge in [-0.25, -0.2) is 0 Å². The van der Waals surface area contributed by atoms with Gasteiger partial charge in [0.15, 0.2) is 0 Å². The maximum atomic E-state index is 5.56. The SMILES string of the molecule is CCOc1ccc(NC2CCN3CCCCC23)c(C)c1. The van der Waals surface area contributed by atoms with Crippen LogP contribution in [0.4, 0.5) is 5.69 Å². The number of nitrogens with zero attached hydrogens (tertiary/aromatic N) is 1. The molecule has 2 atom stereocenters. The molecule has 1 aromatic rings. The van der Waals surface area contributed by atoms with Gasteiger partial charge in [-0.2, -0.15) is 0 Å². The average molecular weight is 274 g/mol. The lowest BCUT2D eigenvalue weighted by atomic mass is 9.98. The van der Waals surface area contributed by atoms with Crippen LogP contribution >= 0.6 is 0 Å². The lowest BCUT2D eigenvalue weighted by molar-refractivity contribution is 0.193. The van der Waals surface area contributed by atoms with Gasteiger partial charge in [-0.15, -0.1) is 0 Å². The number of anilines is 1. The first kappa shape index (κ1) is 13.7. The van der Waals surface area contributed by atoms with E-state index in [1.165, 1.54) is 50.0 Å². The predicted molar refractivity (Wildman–Crippen MR) is 83.6 cm³/mol. The highest BCUT2D eigenvalue weighted by atomic mass is 16.5. The van der Waals surface area contributed by atoms with Gasteiger partial charge in [0.2, 0.25) is 0 Å². The number of hydrogen-bond donors (Lipinski definition) is 1. The molecule has 2 aliphatic rings. The Hall–Kier alpha value is -1.22. The van der Waals surface area contributed by atoms with Crippen LogP contribution in [0.1, 0.15) is 38.2 Å². The maximum Gasteiger partial charge on any atom is 0.119 e. The number of benzene rings is 1. The Kier molecular flexibility index (Phi) is 4.16. The molecule has 2 heterocycles. The van der Waals surface area contributed by atoms with E-state index in [2.05, 4.69) is 35.3 Å². The van der Waals surface area contributed by atoms with Crippen molar-refractivity contribution < 1.29 is 4.74 Å². The number of nitrogens with one attached hydrogen (secondary N) is 1. The van der Waals surface area contributed by atoms with Crippen LogP contribution in [0.15, 0.2) is 18.2 Å². The standard InChI is InChI=1S/C17H26N2O/c1-3-20-14-7-8-15(13(2)12-14)18-16-9-11-19-10-5-4-6-17(16)19/h7-8,12,16-18H,3-6,9-11H2,1-2H3. The van der Waals surface area contributed by atoms with E-state index in [9.17, 15) is 0 Å². The largest absolute Gasteiger partial charge is 0.494 e. The summed E-state index contributed by atoms with van der Waals surface area (Å²) in [4.78, 5) is 2.67. The molecule has 1 N–H and O–H groups in total. The molecule has 1 aromatic carbocycles. The van der Waals surface area contributed by atoms with Gasteiger partial charge in [0.25, 0.3) is 0 Å². The fourth-order valence-corrected chi connectivity index (χ4v) is 3.67. The van der Waals surface area contributed by atoms with Crippen LogP contribution in [-0.4, -0.2) is 36.7 Å². The number of piperidine rings is 1. The second-order valence-corrected chi connectivity index (χ2v) is 6.05. The third-order valence-electron chi connectivity index (χ3n) is 4.71. The summed E-state index contributed by atoms with van der Waals surface area (Å²) in [5, 5.41) is 3.78. The molecule has 0 aliphatic carbocycles. The molecular weight excluding hydrogens is 248 g/mol. The molecule has 2 fully saturated rings. The smallest absolute Gasteiger partial charge is 0.119 e. The number of hydrogen-bond acceptors (Lipinski definition) is 3. The van der Waals surface area contributed by atoms with Crippen molar-refractivity contribution in [2.75, 3.05) is 25.0 Å². The molecule has 0 spiro atoms. The Bertz CT molecular complexity index is 460. The Morgan fingerprint density at radius 1 is 1.25 bits per heavy atom. The zero-order chi connectivity index (χ0) is 13.9. The topological polar surface area (TPSA) is 24.5 Å². The number of ether oxygens (including phenoxy) is 1. The molecule has 110 valence electrons. The molecule has 2 unspecified atom stereocenters. The van der Waals surface area contributed by atoms with E-state index >= 15 is 0 Å². The second kappa shape index (κ2) is 6.04. The van der Waals surface area contributed by atoms with Crippen molar-refractivity contribution in [2.45, 2.75) is 51.6 Å². The van der Waals surface area contributed by atoms with Crippen molar-refractivity contribution in [1.82, 2.24) is 4.90 Å². The summed E-state index contributed by atoms with van der Waals surface area (Å²) in [5.74, 6) is 0.973. The third kappa shape index (κ3) is 2.78. The number of rotatable bonds is 4. The fourth-order valence-electron chi connectivity index (χ4n) is 3.67. The average Bonchev–Trinajstić information content (AvgIpc) is 2.86. The highest BCUT2D eigenvalue weighted by Crippen LogP contribution is 2.31. The van der Waals surface area contributed by atoms with E-state index in [0.717, 1.165) is 18.4 Å². The minimum atomic E-state index is 0.618. The van der Waals surface area contributed by atoms with Crippen LogP contribution in [0.2, 0.25) is 0 Å². The van der Waals surface area contributed by atoms with Crippen molar-refractivity contribution in [2.24, 2.45) is 0 Å². The van der Waals surface area contributed by atoms with E-state index in [0.29, 0.717) is 6.04 Å². The zero-order valence-corrected chi connectivity index (χ0v) is 12.7. The molecule has 0 bridgehead atoms. The van der Waals surface area contributed by atoms with Crippen molar-refractivity contribution in [3.63, 3.8) is 0 Å². The van der Waals surface area contributed by atoms with Crippen molar-refractivity contribution in [3.05, 3.63) is 23.8 Å². The molecular formula is C17H26N2O. The summed E-state index contributed by atoms with van der Waals surface area (Å²) in [7, 11) is 0. The van der Waals surface area contributed by atoms with Crippen LogP contribution in [0.5, 0.6) is 5.75 Å². The molecule has 0 saturated carbocycles. The number of aryl methyl sites for hydroxylation is 1. The normalized spacial score (nSPS) is 26.3. The van der Waals surface area contributed by atoms with Crippen molar-refractivity contribution in [3.8, 4) is 5.75 Å². The summed E-state index contributed by atoms with van der Waals surface area (Å²) in [6.45, 7) is 7.48. The maximum absolute atomic E-state index is 5.56. The van der Waals surface area contributed by atoms with Crippen molar-refractivity contribution >= 4 is 5.69 Å². The van der Waals surface area contributed by atoms with Crippen LogP contribution < -0.4 is 10.1 Å². The molecule has 3 rings (SSSR count). The Balaban J connectivity index is 1.68. The van der Waals surface area contributed by atoms with Gasteiger partial charge in [-0.1, -0.05) is 6.42 Å². The quantitative estimate of drug-likeness (QED) is 0.910. The highest BCUT2D eigenvalue weighted by Gasteiger charge is 2.35. The van der Waals surface area contributed by atoms with Crippen LogP contribution in [0, 0.1) is 6.92 Å². The number of fused-ring (bicyclic) bond motifs is 1. The van der Waals surface area contributed by atoms with E-state index in [1.54, 1.807) is 0 Å². The molecule has 0 amide bonds. The Morgan fingerprint density at radius 3 is 2.95 bits per heavy atom. The van der Waals surface area contributed by atoms with Crippen LogP contribution in [-0.2, 0) is 0 Å². The molecule has 3 nitrogen and oxygen atoms in total. The monoisotopic (exact) mass is 274 g/mol. The van der Waals surface area contributed by atoms with Crippen LogP contribution in [0.3, 0.4) is 0 Å². The van der Waals surface area contributed by atoms with Gasteiger partial charge in [0.05, 0.1) is 6.61 Å². The summed E-state index contributed by atoms with van der Waals surface area (Å²) < 4.78 is 5.56. The summed E-state index contributed by atoms with van der Waals surface area (Å²) in [6.07, 6.45) is 5.40. The molecule has 3 heteroatoms. The second-order valence-electron chi connectivity index (χ2n) is 6.05. The van der Waals surface area contributed by atoms with Gasteiger partial charge in [0.1, 0.15) is 5.75 Å². The first-order chi connectivity index (χ1) is 9.78. The van der Waals surface area contributed by atoms with E-state index < -0.39 is 0 Å². The van der Waals surface area contributed by atoms with Crippen molar-refractivity contribution in [1.29, 1.82) is 0 Å². The lowest BCUT2D eigenvalue weighted by Gasteiger charge is -2.33. The minimum absolute atomic E-state index is 0.618. The van der Waals surface area contributed by atoms with E-state index in [-0.39, 0.29) is 0 Å². The Labute approximate surface area is 122 Å². The predicted octanol–water partition coefficient (Wildman–Crippen LogP) is 3.43. The summed E-state index contributed by atoms with van der Waals surface area (Å²) in [6, 6.07) is 7.75. The van der Waals surface area contributed by atoms with Crippen LogP contribution in [0.25, 0.3) is 0 Å². The van der Waals surface area contributed by atoms with Gasteiger partial charge in [0, 0.05) is 24.3 Å². The zero-order valence-electron chi connectivity index (χ0n) is 12.7. The van der Waals surface area contributed by atoms with Gasteiger partial charge in [-0.3, -0.25) is 4.90 Å². The summed E-state index contributed by atoms with van der Waals surface area (Å²) in [5.41, 5.74) is 2.55. The fraction of sp³-hybridized carbons (Fsp3) is 0.647. The molecule has 2 saturated heterocycles. The van der Waals surface area contributed by atoms with E-state index in [1.807, 2.05) is 6.92 Å². The molecule has 20 heavy (non-hydrogen) atoms. The first-order valence-electron chi connectivity index (χ1n) is 8.02. The lowest BCUT2D eigenvalue weighted by Crippen LogP contribution is -2.41. The molecule has 0 aromatic heterocycles. The minimum Gasteiger partial charge on any atom is -0.494 e. The van der Waals surface area contributed by atoms with E-state index in [4.69, 9.17) is 4.74 Å². The molecule has 2 aliphatic heterocycles. The van der Waals surface area contributed by atoms with Gasteiger partial charge < -0.3 is 10.1 Å². The Morgan fingerprint density at radius 2 is 2.15 bits per heavy atom. The molecule has 0 radical (unpaired) electrons. The van der Waals surface area contributed by atoms with Gasteiger partial charge in [-0.05, 0) is 63.4 Å². The third-order valence-corrected chi connectivity index (χ3v) is 4.71. The van der Waals surface area contributed by atoms with Gasteiger partial charge >= 0.3 is 0 Å². The first-order valence-corrected chi connectivity index (χ1v) is 8.02.